The van der Waals surface area contributed by atoms with Crippen LogP contribution in [0.25, 0.3) is 5.83 Å². The molecule has 1 N–H and O–H groups in total. The summed E-state index contributed by atoms with van der Waals surface area (Å²) in [6, 6.07) is 8.61. The number of allylic oxidation sites excluding steroid dienone is 2. The smallest absolute Gasteiger partial charge is 0.134 e. The van der Waals surface area contributed by atoms with Crippen LogP contribution >= 0.6 is 0 Å². The molecule has 0 saturated carbocycles. The van der Waals surface area contributed by atoms with Crippen molar-refractivity contribution in [2.24, 2.45) is 0 Å². The van der Waals surface area contributed by atoms with Crippen molar-refractivity contribution in [3.05, 3.63) is 66.3 Å². The highest BCUT2D eigenvalue weighted by atomic mass is 19.1. The van der Waals surface area contributed by atoms with Gasteiger partial charge in [-0.1, -0.05) is 48.6 Å². The molecule has 1 aliphatic rings. The van der Waals surface area contributed by atoms with Crippen LogP contribution in [0, 0.1) is 0 Å². The summed E-state index contributed by atoms with van der Waals surface area (Å²) in [5.74, 6) is -0.472. The van der Waals surface area contributed by atoms with E-state index in [-0.39, 0.29) is 0 Å². The first-order valence-corrected chi connectivity index (χ1v) is 5.71. The Kier molecular flexibility index (Phi) is 3.75. The van der Waals surface area contributed by atoms with Crippen LogP contribution in [0.1, 0.15) is 5.56 Å². The summed E-state index contributed by atoms with van der Waals surface area (Å²) in [6.07, 6.45) is 7.23. The second-order valence-corrected chi connectivity index (χ2v) is 4.15. The monoisotopic (exact) mass is 246 g/mol. The van der Waals surface area contributed by atoms with Gasteiger partial charge in [0.2, 0.25) is 0 Å². The first kappa shape index (κ1) is 12.7. The molecule has 2 rings (SSSR count). The first-order valence-electron chi connectivity index (χ1n) is 5.71. The molecule has 2 atom stereocenters. The maximum absolute atomic E-state index is 14.1. The van der Waals surface area contributed by atoms with E-state index in [2.05, 4.69) is 0 Å². The largest absolute Gasteiger partial charge is 0.378 e. The van der Waals surface area contributed by atoms with E-state index in [1.165, 1.54) is 19.3 Å². The SMILES string of the molecule is COC1C=CC=CC1(O)/C=C(/F)c1ccccc1. The van der Waals surface area contributed by atoms with Gasteiger partial charge in [0.25, 0.3) is 0 Å². The first-order chi connectivity index (χ1) is 8.65. The number of halogens is 1. The zero-order chi connectivity index (χ0) is 13.0. The summed E-state index contributed by atoms with van der Waals surface area (Å²) in [4.78, 5) is 0. The molecule has 1 aromatic carbocycles. The number of hydrogen-bond acceptors (Lipinski definition) is 2. The molecule has 0 amide bonds. The van der Waals surface area contributed by atoms with Crippen molar-refractivity contribution in [3.8, 4) is 0 Å². The minimum Gasteiger partial charge on any atom is -0.378 e. The third-order valence-electron chi connectivity index (χ3n) is 2.88. The fraction of sp³-hybridized carbons (Fsp3) is 0.200. The van der Waals surface area contributed by atoms with Crippen LogP contribution in [0.5, 0.6) is 0 Å². The normalized spacial score (nSPS) is 27.5. The van der Waals surface area contributed by atoms with Gasteiger partial charge >= 0.3 is 0 Å². The fourth-order valence-electron chi connectivity index (χ4n) is 1.91. The van der Waals surface area contributed by atoms with Crippen LogP contribution in [-0.2, 0) is 4.74 Å². The molecule has 0 aromatic heterocycles. The molecule has 0 radical (unpaired) electrons. The van der Waals surface area contributed by atoms with Gasteiger partial charge in [0.05, 0.1) is 0 Å². The van der Waals surface area contributed by atoms with E-state index in [0.717, 1.165) is 0 Å². The maximum Gasteiger partial charge on any atom is 0.134 e. The molecule has 18 heavy (non-hydrogen) atoms. The summed E-state index contributed by atoms with van der Waals surface area (Å²) >= 11 is 0. The molecule has 0 aliphatic heterocycles. The zero-order valence-corrected chi connectivity index (χ0v) is 10.1. The second kappa shape index (κ2) is 5.29. The zero-order valence-electron chi connectivity index (χ0n) is 10.1. The van der Waals surface area contributed by atoms with Crippen LogP contribution in [0.4, 0.5) is 4.39 Å². The molecule has 2 unspecified atom stereocenters. The van der Waals surface area contributed by atoms with Crippen molar-refractivity contribution in [2.45, 2.75) is 11.7 Å². The van der Waals surface area contributed by atoms with Crippen molar-refractivity contribution >= 4 is 5.83 Å². The highest BCUT2D eigenvalue weighted by Crippen LogP contribution is 2.27. The molecular formula is C15H15FO2. The molecule has 0 heterocycles. The Morgan fingerprint density at radius 1 is 1.33 bits per heavy atom. The summed E-state index contributed by atoms with van der Waals surface area (Å²) in [5.41, 5.74) is -1.02. The Morgan fingerprint density at radius 3 is 2.72 bits per heavy atom. The standard InChI is InChI=1S/C15H15FO2/c1-18-14-9-5-6-10-15(14,17)11-13(16)12-7-3-2-4-8-12/h2-11,14,17H,1H3/b13-11+. The van der Waals surface area contributed by atoms with Gasteiger partial charge in [-0.05, 0) is 12.2 Å². The predicted octanol–water partition coefficient (Wildman–Crippen LogP) is 2.87. The number of aliphatic hydroxyl groups is 1. The van der Waals surface area contributed by atoms with E-state index in [1.807, 2.05) is 6.07 Å². The van der Waals surface area contributed by atoms with E-state index in [4.69, 9.17) is 4.74 Å². The Hall–Kier alpha value is -1.71. The average molecular weight is 246 g/mol. The summed E-state index contributed by atoms with van der Waals surface area (Å²) in [7, 11) is 1.48. The number of rotatable bonds is 3. The Labute approximate surface area is 106 Å². The van der Waals surface area contributed by atoms with Crippen LogP contribution in [-0.4, -0.2) is 23.9 Å². The van der Waals surface area contributed by atoms with Gasteiger partial charge in [-0.2, -0.15) is 0 Å². The molecule has 3 heteroatoms. The molecule has 0 bridgehead atoms. The van der Waals surface area contributed by atoms with E-state index in [0.29, 0.717) is 5.56 Å². The van der Waals surface area contributed by atoms with Gasteiger partial charge in [0.1, 0.15) is 17.5 Å². The van der Waals surface area contributed by atoms with E-state index in [1.54, 1.807) is 42.5 Å². The van der Waals surface area contributed by atoms with E-state index < -0.39 is 17.5 Å². The van der Waals surface area contributed by atoms with Crippen LogP contribution in [0.2, 0.25) is 0 Å². The van der Waals surface area contributed by atoms with Crippen LogP contribution in [0.3, 0.4) is 0 Å². The van der Waals surface area contributed by atoms with Crippen LogP contribution < -0.4 is 0 Å². The fourth-order valence-corrected chi connectivity index (χ4v) is 1.91. The summed E-state index contributed by atoms with van der Waals surface area (Å²) < 4.78 is 19.2. The lowest BCUT2D eigenvalue weighted by Crippen LogP contribution is -2.39. The molecule has 1 aromatic rings. The topological polar surface area (TPSA) is 29.5 Å². The number of methoxy groups -OCH3 is 1. The Balaban J connectivity index is 2.31. The third kappa shape index (κ3) is 2.58. The lowest BCUT2D eigenvalue weighted by Gasteiger charge is -2.29. The Morgan fingerprint density at radius 2 is 2.06 bits per heavy atom. The molecule has 0 saturated heterocycles. The van der Waals surface area contributed by atoms with Gasteiger partial charge in [-0.3, -0.25) is 0 Å². The third-order valence-corrected chi connectivity index (χ3v) is 2.88. The number of benzene rings is 1. The Bertz CT molecular complexity index is 490. The highest BCUT2D eigenvalue weighted by Gasteiger charge is 2.33. The van der Waals surface area contributed by atoms with Crippen molar-refractivity contribution in [2.75, 3.05) is 7.11 Å². The van der Waals surface area contributed by atoms with Gasteiger partial charge in [-0.15, -0.1) is 0 Å². The van der Waals surface area contributed by atoms with Crippen molar-refractivity contribution in [3.63, 3.8) is 0 Å². The predicted molar refractivity (Wildman–Crippen MR) is 69.6 cm³/mol. The highest BCUT2D eigenvalue weighted by molar-refractivity contribution is 5.61. The number of ether oxygens (including phenoxy) is 1. The van der Waals surface area contributed by atoms with E-state index in [9.17, 15) is 9.50 Å². The van der Waals surface area contributed by atoms with Crippen LogP contribution in [0.15, 0.2) is 60.7 Å². The van der Waals surface area contributed by atoms with Gasteiger partial charge < -0.3 is 9.84 Å². The average Bonchev–Trinajstić information content (AvgIpc) is 2.40. The molecule has 0 spiro atoms. The lowest BCUT2D eigenvalue weighted by atomic mass is 9.90. The minimum atomic E-state index is -1.45. The minimum absolute atomic E-state index is 0.434. The van der Waals surface area contributed by atoms with Crippen molar-refractivity contribution < 1.29 is 14.2 Å². The molecule has 1 aliphatic carbocycles. The quantitative estimate of drug-likeness (QED) is 0.888. The molecule has 0 fully saturated rings. The molecule has 2 nitrogen and oxygen atoms in total. The van der Waals surface area contributed by atoms with Crippen molar-refractivity contribution in [1.29, 1.82) is 0 Å². The van der Waals surface area contributed by atoms with Gasteiger partial charge in [0, 0.05) is 12.7 Å². The summed E-state index contributed by atoms with van der Waals surface area (Å²) in [6.45, 7) is 0. The maximum atomic E-state index is 14.1. The number of hydrogen-bond donors (Lipinski definition) is 1. The van der Waals surface area contributed by atoms with Gasteiger partial charge in [-0.25, -0.2) is 4.39 Å². The van der Waals surface area contributed by atoms with Gasteiger partial charge in [0.15, 0.2) is 0 Å². The molecular weight excluding hydrogens is 231 g/mol. The van der Waals surface area contributed by atoms with E-state index >= 15 is 0 Å². The molecule has 94 valence electrons. The second-order valence-electron chi connectivity index (χ2n) is 4.15. The summed E-state index contributed by atoms with van der Waals surface area (Å²) in [5, 5.41) is 10.4. The van der Waals surface area contributed by atoms with Crippen molar-refractivity contribution in [1.82, 2.24) is 0 Å². The lowest BCUT2D eigenvalue weighted by molar-refractivity contribution is -0.00653.